The fraction of sp³-hybridized carbons (Fsp3) is 0.120. The number of amides is 2. The van der Waals surface area contributed by atoms with Crippen LogP contribution in [0.25, 0.3) is 5.69 Å². The molecule has 0 aliphatic rings. The minimum Gasteiger partial charge on any atom is -0.348 e. The lowest BCUT2D eigenvalue weighted by molar-refractivity contribution is -0.136. The number of rotatable bonds is 7. The van der Waals surface area contributed by atoms with Gasteiger partial charge in [-0.25, -0.2) is 0 Å². The first-order valence-electron chi connectivity index (χ1n) is 10.3. The van der Waals surface area contributed by atoms with Gasteiger partial charge in [0.1, 0.15) is 12.7 Å². The van der Waals surface area contributed by atoms with Crippen molar-refractivity contribution in [2.45, 2.75) is 12.3 Å². The van der Waals surface area contributed by atoms with Gasteiger partial charge >= 0.3 is 11.8 Å². The largest absolute Gasteiger partial charge is 0.348 e. The number of nitrogens with one attached hydrogen (secondary N) is 2. The van der Waals surface area contributed by atoms with Gasteiger partial charge in [-0.1, -0.05) is 66.7 Å². The molecule has 32 heavy (non-hydrogen) atoms. The lowest BCUT2D eigenvalue weighted by atomic mass is 9.88. The lowest BCUT2D eigenvalue weighted by Crippen LogP contribution is -2.36. The number of hydrogen-bond donors (Lipinski definition) is 2. The smallest absolute Gasteiger partial charge is 0.313 e. The summed E-state index contributed by atoms with van der Waals surface area (Å²) in [6.07, 6.45) is 3.79. The van der Waals surface area contributed by atoms with Gasteiger partial charge in [0.15, 0.2) is 0 Å². The minimum atomic E-state index is -0.707. The van der Waals surface area contributed by atoms with Gasteiger partial charge in [0.05, 0.1) is 5.69 Å². The van der Waals surface area contributed by atoms with E-state index in [4.69, 9.17) is 0 Å². The van der Waals surface area contributed by atoms with Crippen molar-refractivity contribution < 1.29 is 9.59 Å². The third-order valence-electron chi connectivity index (χ3n) is 5.15. The number of carbonyl (C=O) groups excluding carboxylic acids is 2. The first-order chi connectivity index (χ1) is 15.7. The van der Waals surface area contributed by atoms with Gasteiger partial charge in [-0.15, -0.1) is 10.2 Å². The second kappa shape index (κ2) is 10.2. The van der Waals surface area contributed by atoms with Crippen LogP contribution in [0.2, 0.25) is 0 Å². The minimum absolute atomic E-state index is 0.126. The van der Waals surface area contributed by atoms with E-state index >= 15 is 0 Å². The highest BCUT2D eigenvalue weighted by atomic mass is 16.2. The normalized spacial score (nSPS) is 10.7. The third-order valence-corrected chi connectivity index (χ3v) is 5.15. The molecule has 0 saturated heterocycles. The molecule has 0 saturated carbocycles. The molecule has 0 atom stereocenters. The molecule has 4 aromatic rings. The van der Waals surface area contributed by atoms with Crippen LogP contribution in [-0.2, 0) is 9.59 Å². The maximum Gasteiger partial charge on any atom is 0.313 e. The summed E-state index contributed by atoms with van der Waals surface area (Å²) < 4.78 is 1.71. The molecule has 0 fully saturated rings. The van der Waals surface area contributed by atoms with Crippen LogP contribution in [0, 0.1) is 0 Å². The summed E-state index contributed by atoms with van der Waals surface area (Å²) in [5.74, 6) is -1.25. The van der Waals surface area contributed by atoms with E-state index in [9.17, 15) is 9.59 Å². The summed E-state index contributed by atoms with van der Waals surface area (Å²) in [4.78, 5) is 24.7. The zero-order chi connectivity index (χ0) is 22.2. The molecule has 4 rings (SSSR count). The molecule has 2 N–H and O–H groups in total. The van der Waals surface area contributed by atoms with Crippen molar-refractivity contribution in [2.24, 2.45) is 0 Å². The van der Waals surface area contributed by atoms with Crippen LogP contribution in [-0.4, -0.2) is 33.1 Å². The molecule has 0 aliphatic heterocycles. The van der Waals surface area contributed by atoms with Gasteiger partial charge in [0.25, 0.3) is 0 Å². The average Bonchev–Trinajstić information content (AvgIpc) is 3.38. The summed E-state index contributed by atoms with van der Waals surface area (Å²) in [5.41, 5.74) is 3.64. The third kappa shape index (κ3) is 5.26. The van der Waals surface area contributed by atoms with Gasteiger partial charge in [-0.2, -0.15) is 0 Å². The van der Waals surface area contributed by atoms with E-state index in [1.54, 1.807) is 35.4 Å². The fourth-order valence-corrected chi connectivity index (χ4v) is 3.57. The van der Waals surface area contributed by atoms with Gasteiger partial charge in [0, 0.05) is 18.2 Å². The Morgan fingerprint density at radius 1 is 0.781 bits per heavy atom. The number of carbonyl (C=O) groups is 2. The van der Waals surface area contributed by atoms with Crippen LogP contribution in [0.3, 0.4) is 0 Å². The predicted octanol–water partition coefficient (Wildman–Crippen LogP) is 3.54. The Hall–Kier alpha value is -4.26. The van der Waals surface area contributed by atoms with Crippen molar-refractivity contribution in [1.29, 1.82) is 0 Å². The van der Waals surface area contributed by atoms with Gasteiger partial charge < -0.3 is 10.6 Å². The molecule has 1 heterocycles. The van der Waals surface area contributed by atoms with E-state index in [1.165, 1.54) is 11.1 Å². The number of anilines is 1. The monoisotopic (exact) mass is 425 g/mol. The molecule has 0 unspecified atom stereocenters. The Labute approximate surface area is 186 Å². The fourth-order valence-electron chi connectivity index (χ4n) is 3.57. The van der Waals surface area contributed by atoms with Crippen molar-refractivity contribution >= 4 is 17.5 Å². The van der Waals surface area contributed by atoms with Crippen molar-refractivity contribution in [2.75, 3.05) is 11.9 Å². The number of nitrogens with zero attached hydrogens (tertiary/aromatic N) is 3. The molecule has 2 amide bonds. The Balaban J connectivity index is 1.35. The van der Waals surface area contributed by atoms with Crippen LogP contribution in [0.1, 0.15) is 23.5 Å². The van der Waals surface area contributed by atoms with E-state index in [-0.39, 0.29) is 5.92 Å². The van der Waals surface area contributed by atoms with E-state index in [2.05, 4.69) is 45.1 Å². The first kappa shape index (κ1) is 21.0. The van der Waals surface area contributed by atoms with Crippen LogP contribution >= 0.6 is 0 Å². The van der Waals surface area contributed by atoms with Crippen molar-refractivity contribution in [3.63, 3.8) is 0 Å². The molecule has 0 bridgehead atoms. The Morgan fingerprint density at radius 2 is 1.41 bits per heavy atom. The molecule has 0 spiro atoms. The average molecular weight is 425 g/mol. The molecular formula is C25H23N5O2. The highest BCUT2D eigenvalue weighted by Gasteiger charge is 2.17. The highest BCUT2D eigenvalue weighted by molar-refractivity contribution is 6.39. The summed E-state index contributed by atoms with van der Waals surface area (Å²) in [5, 5.41) is 12.9. The van der Waals surface area contributed by atoms with Gasteiger partial charge in [-0.3, -0.25) is 14.2 Å². The molecule has 0 radical (unpaired) electrons. The van der Waals surface area contributed by atoms with Crippen molar-refractivity contribution in [1.82, 2.24) is 20.1 Å². The topological polar surface area (TPSA) is 88.9 Å². The highest BCUT2D eigenvalue weighted by Crippen LogP contribution is 2.27. The number of aromatic nitrogens is 3. The van der Waals surface area contributed by atoms with E-state index in [1.807, 2.05) is 42.5 Å². The van der Waals surface area contributed by atoms with Crippen LogP contribution in [0.5, 0.6) is 0 Å². The molecule has 1 aromatic heterocycles. The molecule has 3 aromatic carbocycles. The maximum atomic E-state index is 12.4. The standard InChI is InChI=1S/C25H23N5O2/c31-24(25(32)29-21-12-7-13-22(16-21)30-17-27-28-18-30)26-15-14-23(19-8-3-1-4-9-19)20-10-5-2-6-11-20/h1-13,16-18,23H,14-15H2,(H,26,31)(H,29,32). The molecule has 160 valence electrons. The van der Waals surface area contributed by atoms with Crippen LogP contribution in [0.15, 0.2) is 97.6 Å². The summed E-state index contributed by atoms with van der Waals surface area (Å²) in [6.45, 7) is 0.376. The van der Waals surface area contributed by atoms with Crippen LogP contribution < -0.4 is 10.6 Å². The number of benzene rings is 3. The van der Waals surface area contributed by atoms with Crippen molar-refractivity contribution in [3.8, 4) is 5.69 Å². The van der Waals surface area contributed by atoms with E-state index in [0.717, 1.165) is 5.69 Å². The zero-order valence-corrected chi connectivity index (χ0v) is 17.4. The second-order valence-corrected chi connectivity index (χ2v) is 7.29. The summed E-state index contributed by atoms with van der Waals surface area (Å²) >= 11 is 0. The van der Waals surface area contributed by atoms with Crippen molar-refractivity contribution in [3.05, 3.63) is 109 Å². The van der Waals surface area contributed by atoms with Crippen LogP contribution in [0.4, 0.5) is 5.69 Å². The molecular weight excluding hydrogens is 402 g/mol. The maximum absolute atomic E-state index is 12.4. The summed E-state index contributed by atoms with van der Waals surface area (Å²) in [6, 6.07) is 27.4. The molecule has 7 heteroatoms. The Kier molecular flexibility index (Phi) is 6.67. The van der Waals surface area contributed by atoms with Gasteiger partial charge in [0.2, 0.25) is 0 Å². The number of hydrogen-bond acceptors (Lipinski definition) is 4. The quantitative estimate of drug-likeness (QED) is 0.443. The van der Waals surface area contributed by atoms with E-state index < -0.39 is 11.8 Å². The van der Waals surface area contributed by atoms with Gasteiger partial charge in [-0.05, 0) is 35.7 Å². The Morgan fingerprint density at radius 3 is 2.03 bits per heavy atom. The predicted molar refractivity (Wildman–Crippen MR) is 122 cm³/mol. The Bertz CT molecular complexity index is 1120. The van der Waals surface area contributed by atoms with E-state index in [0.29, 0.717) is 18.7 Å². The lowest BCUT2D eigenvalue weighted by Gasteiger charge is -2.18. The SMILES string of the molecule is O=C(NCCC(c1ccccc1)c1ccccc1)C(=O)Nc1cccc(-n2cnnc2)c1. The first-order valence-corrected chi connectivity index (χ1v) is 10.3. The zero-order valence-electron chi connectivity index (χ0n) is 17.4. The molecule has 0 aliphatic carbocycles. The second-order valence-electron chi connectivity index (χ2n) is 7.29. The molecule has 7 nitrogen and oxygen atoms in total. The summed E-state index contributed by atoms with van der Waals surface area (Å²) in [7, 11) is 0.